The quantitative estimate of drug-likeness (QED) is 0.864. The van der Waals surface area contributed by atoms with Crippen molar-refractivity contribution in [1.82, 2.24) is 14.7 Å². The van der Waals surface area contributed by atoms with Crippen LogP contribution in [0.5, 0.6) is 0 Å². The zero-order chi connectivity index (χ0) is 16.4. The number of anilines is 1. The molecule has 0 spiro atoms. The van der Waals surface area contributed by atoms with E-state index in [-0.39, 0.29) is 0 Å². The molecule has 0 saturated carbocycles. The molecule has 0 aliphatic rings. The van der Waals surface area contributed by atoms with Crippen LogP contribution in [0.25, 0.3) is 0 Å². The maximum Gasteiger partial charge on any atom is 0.173 e. The summed E-state index contributed by atoms with van der Waals surface area (Å²) in [5.41, 5.74) is 5.33. The van der Waals surface area contributed by atoms with Gasteiger partial charge in [0, 0.05) is 42.6 Å². The van der Waals surface area contributed by atoms with Gasteiger partial charge in [0.15, 0.2) is 5.11 Å². The molecule has 0 atom stereocenters. The first-order valence-corrected chi connectivity index (χ1v) is 7.86. The second-order valence-corrected chi connectivity index (χ2v) is 6.27. The molecule has 2 aromatic rings. The van der Waals surface area contributed by atoms with E-state index in [1.165, 1.54) is 5.56 Å². The summed E-state index contributed by atoms with van der Waals surface area (Å²) in [5.74, 6) is 0. The van der Waals surface area contributed by atoms with Crippen LogP contribution in [0.4, 0.5) is 5.69 Å². The molecule has 2 rings (SSSR count). The smallest absolute Gasteiger partial charge is 0.173 e. The summed E-state index contributed by atoms with van der Waals surface area (Å²) in [5, 5.41) is 9.10. The van der Waals surface area contributed by atoms with Crippen molar-refractivity contribution in [2.45, 2.75) is 27.3 Å². The Hall–Kier alpha value is -1.59. The number of hydrogen-bond donors (Lipinski definition) is 1. The summed E-state index contributed by atoms with van der Waals surface area (Å²) in [6, 6.07) is 5.76. The lowest BCUT2D eigenvalue weighted by Crippen LogP contribution is -2.31. The highest BCUT2D eigenvalue weighted by atomic mass is 35.5. The van der Waals surface area contributed by atoms with E-state index < -0.39 is 0 Å². The van der Waals surface area contributed by atoms with Crippen LogP contribution in [0.2, 0.25) is 5.02 Å². The second-order valence-electron chi connectivity index (χ2n) is 5.47. The molecule has 1 aromatic heterocycles. The fourth-order valence-corrected chi connectivity index (χ4v) is 2.66. The molecule has 0 radical (unpaired) electrons. The number of aryl methyl sites for hydroxylation is 2. The average Bonchev–Trinajstić information content (AvgIpc) is 2.70. The van der Waals surface area contributed by atoms with Gasteiger partial charge in [-0.05, 0) is 50.7 Å². The molecule has 1 aromatic carbocycles. The number of rotatable bonds is 3. The molecule has 1 heterocycles. The van der Waals surface area contributed by atoms with Crippen LogP contribution in [0.1, 0.15) is 22.5 Å². The molecule has 6 heteroatoms. The van der Waals surface area contributed by atoms with Crippen LogP contribution in [-0.4, -0.2) is 26.8 Å². The topological polar surface area (TPSA) is 33.1 Å². The molecule has 0 saturated heterocycles. The highest BCUT2D eigenvalue weighted by molar-refractivity contribution is 7.80. The standard InChI is InChI=1S/C16H21ClN4S/c1-10-14(17)7-6-8-15(10)18-16(22)20(4)9-13-11(2)19-21(5)12(13)3/h6-8H,9H2,1-5H3,(H,18,22). The maximum absolute atomic E-state index is 6.14. The van der Waals surface area contributed by atoms with Crippen molar-refractivity contribution in [2.75, 3.05) is 12.4 Å². The van der Waals surface area contributed by atoms with Gasteiger partial charge in [0.1, 0.15) is 0 Å². The van der Waals surface area contributed by atoms with Crippen LogP contribution >= 0.6 is 23.8 Å². The molecule has 1 N–H and O–H groups in total. The Morgan fingerprint density at radius 2 is 2.05 bits per heavy atom. The van der Waals surface area contributed by atoms with E-state index in [4.69, 9.17) is 23.8 Å². The maximum atomic E-state index is 6.14. The van der Waals surface area contributed by atoms with Crippen molar-refractivity contribution in [3.05, 3.63) is 45.7 Å². The first kappa shape index (κ1) is 16.8. The van der Waals surface area contributed by atoms with Gasteiger partial charge in [0.05, 0.1) is 5.69 Å². The molecule has 0 fully saturated rings. The van der Waals surface area contributed by atoms with Crippen molar-refractivity contribution < 1.29 is 0 Å². The van der Waals surface area contributed by atoms with Gasteiger partial charge in [0.25, 0.3) is 0 Å². The molecule has 118 valence electrons. The summed E-state index contributed by atoms with van der Waals surface area (Å²) >= 11 is 11.6. The van der Waals surface area contributed by atoms with E-state index in [1.807, 2.05) is 55.7 Å². The highest BCUT2D eigenvalue weighted by Crippen LogP contribution is 2.23. The van der Waals surface area contributed by atoms with Crippen molar-refractivity contribution in [3.63, 3.8) is 0 Å². The van der Waals surface area contributed by atoms with Gasteiger partial charge < -0.3 is 10.2 Å². The Kier molecular flexibility index (Phi) is 5.08. The third-order valence-electron chi connectivity index (χ3n) is 3.91. The number of aromatic nitrogens is 2. The normalized spacial score (nSPS) is 10.6. The number of halogens is 1. The van der Waals surface area contributed by atoms with E-state index >= 15 is 0 Å². The number of nitrogens with zero attached hydrogens (tertiary/aromatic N) is 3. The number of hydrogen-bond acceptors (Lipinski definition) is 2. The van der Waals surface area contributed by atoms with Crippen molar-refractivity contribution >= 4 is 34.6 Å². The molecule has 0 unspecified atom stereocenters. The fraction of sp³-hybridized carbons (Fsp3) is 0.375. The largest absolute Gasteiger partial charge is 0.348 e. The minimum atomic E-state index is 0.660. The average molecular weight is 337 g/mol. The van der Waals surface area contributed by atoms with E-state index in [9.17, 15) is 0 Å². The summed E-state index contributed by atoms with van der Waals surface area (Å²) in [7, 11) is 3.93. The fourth-order valence-electron chi connectivity index (χ4n) is 2.31. The Morgan fingerprint density at radius 3 is 2.64 bits per heavy atom. The van der Waals surface area contributed by atoms with Gasteiger partial charge in [-0.15, -0.1) is 0 Å². The number of benzene rings is 1. The minimum absolute atomic E-state index is 0.660. The Bertz CT molecular complexity index is 708. The highest BCUT2D eigenvalue weighted by Gasteiger charge is 2.14. The summed E-state index contributed by atoms with van der Waals surface area (Å²) < 4.78 is 1.90. The number of nitrogens with one attached hydrogen (secondary N) is 1. The zero-order valence-electron chi connectivity index (χ0n) is 13.6. The first-order chi connectivity index (χ1) is 10.3. The molecule has 0 aliphatic heterocycles. The Morgan fingerprint density at radius 1 is 1.36 bits per heavy atom. The summed E-state index contributed by atoms with van der Waals surface area (Å²) in [4.78, 5) is 2.01. The molecule has 0 aliphatic carbocycles. The lowest BCUT2D eigenvalue weighted by Gasteiger charge is -2.22. The number of thiocarbonyl (C=S) groups is 1. The van der Waals surface area contributed by atoms with Crippen molar-refractivity contribution in [3.8, 4) is 0 Å². The second kappa shape index (κ2) is 6.67. The van der Waals surface area contributed by atoms with E-state index in [0.717, 1.165) is 34.2 Å². The first-order valence-electron chi connectivity index (χ1n) is 7.07. The third kappa shape index (κ3) is 3.42. The van der Waals surface area contributed by atoms with Gasteiger partial charge in [-0.3, -0.25) is 4.68 Å². The van der Waals surface area contributed by atoms with E-state index in [1.54, 1.807) is 0 Å². The minimum Gasteiger partial charge on any atom is -0.348 e. The predicted octanol–water partition coefficient (Wildman–Crippen LogP) is 3.83. The molecular weight excluding hydrogens is 316 g/mol. The predicted molar refractivity (Wildman–Crippen MR) is 96.6 cm³/mol. The van der Waals surface area contributed by atoms with Gasteiger partial charge in [-0.2, -0.15) is 5.10 Å². The van der Waals surface area contributed by atoms with E-state index in [0.29, 0.717) is 5.11 Å². The van der Waals surface area contributed by atoms with Gasteiger partial charge in [-0.25, -0.2) is 0 Å². The zero-order valence-corrected chi connectivity index (χ0v) is 15.1. The third-order valence-corrected chi connectivity index (χ3v) is 4.73. The molecule has 0 amide bonds. The van der Waals surface area contributed by atoms with Crippen molar-refractivity contribution in [1.29, 1.82) is 0 Å². The van der Waals surface area contributed by atoms with Crippen LogP contribution in [0, 0.1) is 20.8 Å². The van der Waals surface area contributed by atoms with Crippen LogP contribution < -0.4 is 5.32 Å². The molecule has 0 bridgehead atoms. The van der Waals surface area contributed by atoms with Crippen molar-refractivity contribution in [2.24, 2.45) is 7.05 Å². The SMILES string of the molecule is Cc1nn(C)c(C)c1CN(C)C(=S)Nc1cccc(Cl)c1C. The Labute approximate surface area is 142 Å². The van der Waals surface area contributed by atoms with Gasteiger partial charge in [0.2, 0.25) is 0 Å². The monoisotopic (exact) mass is 336 g/mol. The lowest BCUT2D eigenvalue weighted by molar-refractivity contribution is 0.505. The Balaban J connectivity index is 2.11. The summed E-state index contributed by atoms with van der Waals surface area (Å²) in [6.07, 6.45) is 0. The van der Waals surface area contributed by atoms with Crippen LogP contribution in [-0.2, 0) is 13.6 Å². The molecular formula is C16H21ClN4S. The van der Waals surface area contributed by atoms with Gasteiger partial charge >= 0.3 is 0 Å². The summed E-state index contributed by atoms with van der Waals surface area (Å²) in [6.45, 7) is 6.79. The van der Waals surface area contributed by atoms with Crippen LogP contribution in [0.3, 0.4) is 0 Å². The van der Waals surface area contributed by atoms with Crippen LogP contribution in [0.15, 0.2) is 18.2 Å². The molecule has 4 nitrogen and oxygen atoms in total. The molecule has 22 heavy (non-hydrogen) atoms. The van der Waals surface area contributed by atoms with Gasteiger partial charge in [-0.1, -0.05) is 17.7 Å². The van der Waals surface area contributed by atoms with E-state index in [2.05, 4.69) is 17.3 Å². The lowest BCUT2D eigenvalue weighted by atomic mass is 10.2.